The lowest BCUT2D eigenvalue weighted by molar-refractivity contribution is -0.146. The minimum Gasteiger partial charge on any atom is -0.478 e. The van der Waals surface area contributed by atoms with Gasteiger partial charge >= 0.3 is 17.9 Å². The molecule has 9 nitrogen and oxygen atoms in total. The molecule has 9 heteroatoms. The van der Waals surface area contributed by atoms with Gasteiger partial charge in [0.2, 0.25) is 0 Å². The smallest absolute Gasteiger partial charge is 0.328 e. The molecule has 0 amide bonds. The Morgan fingerprint density at radius 3 is 2.03 bits per heavy atom. The number of carbonyl (C=O) groups is 3. The molecule has 1 fully saturated rings. The van der Waals surface area contributed by atoms with Gasteiger partial charge in [-0.15, -0.1) is 0 Å². The van der Waals surface area contributed by atoms with Crippen molar-refractivity contribution in [3.05, 3.63) is 48.0 Å². The molecule has 0 unspecified atom stereocenters. The van der Waals surface area contributed by atoms with Gasteiger partial charge in [-0.05, 0) is 24.8 Å². The fourth-order valence-electron chi connectivity index (χ4n) is 3.30. The Balaban J connectivity index is 0.000000479. The van der Waals surface area contributed by atoms with Crippen LogP contribution in [0, 0.1) is 5.92 Å². The number of aliphatic hydroxyl groups is 2. The van der Waals surface area contributed by atoms with E-state index in [2.05, 4.69) is 0 Å². The Bertz CT molecular complexity index is 699. The molecule has 0 bridgehead atoms. The summed E-state index contributed by atoms with van der Waals surface area (Å²) >= 11 is 0. The molecule has 0 aliphatic heterocycles. The lowest BCUT2D eigenvalue weighted by atomic mass is 9.93. The predicted molar refractivity (Wildman–Crippen MR) is 108 cm³/mol. The second-order valence-corrected chi connectivity index (χ2v) is 6.72. The number of aliphatic hydroxyl groups excluding tert-OH is 2. The third-order valence-electron chi connectivity index (χ3n) is 4.71. The maximum Gasteiger partial charge on any atom is 0.328 e. The van der Waals surface area contributed by atoms with Crippen LogP contribution in [0.25, 0.3) is 0 Å². The number of esters is 1. The van der Waals surface area contributed by atoms with E-state index < -0.39 is 17.4 Å². The molecular weight excluding hydrogens is 394 g/mol. The van der Waals surface area contributed by atoms with Crippen LogP contribution in [-0.4, -0.2) is 82.7 Å². The summed E-state index contributed by atoms with van der Waals surface area (Å²) in [7, 11) is 0. The molecule has 0 radical (unpaired) electrons. The largest absolute Gasteiger partial charge is 0.478 e. The minimum absolute atomic E-state index is 0.0461. The van der Waals surface area contributed by atoms with Crippen LogP contribution in [0.3, 0.4) is 0 Å². The SMILES string of the molecule is CCOC(=O)[C@]1(c2ccccc2)C[C@@H]1CN(CCO)CCO.O=C(O)/C=C/C(=O)O. The Morgan fingerprint density at radius 2 is 1.60 bits per heavy atom. The Labute approximate surface area is 175 Å². The van der Waals surface area contributed by atoms with Gasteiger partial charge in [-0.25, -0.2) is 9.59 Å². The van der Waals surface area contributed by atoms with Crippen molar-refractivity contribution in [3.63, 3.8) is 0 Å². The lowest BCUT2D eigenvalue weighted by Gasteiger charge is -2.23. The van der Waals surface area contributed by atoms with Crippen LogP contribution in [0.5, 0.6) is 0 Å². The molecule has 166 valence electrons. The predicted octanol–water partition coefficient (Wildman–Crippen LogP) is 0.506. The normalized spacial score (nSPS) is 19.8. The van der Waals surface area contributed by atoms with Crippen molar-refractivity contribution in [2.24, 2.45) is 5.92 Å². The number of hydrogen-bond donors (Lipinski definition) is 4. The summed E-state index contributed by atoms with van der Waals surface area (Å²) in [5.74, 6) is -2.52. The average molecular weight is 423 g/mol. The van der Waals surface area contributed by atoms with Gasteiger partial charge in [-0.2, -0.15) is 0 Å². The van der Waals surface area contributed by atoms with Crippen LogP contribution in [0.4, 0.5) is 0 Å². The molecule has 2 atom stereocenters. The summed E-state index contributed by atoms with van der Waals surface area (Å²) < 4.78 is 5.30. The van der Waals surface area contributed by atoms with E-state index in [-0.39, 0.29) is 25.1 Å². The van der Waals surface area contributed by atoms with Gasteiger partial charge in [0.05, 0.1) is 25.2 Å². The first kappa shape index (κ1) is 25.3. The topological polar surface area (TPSA) is 145 Å². The van der Waals surface area contributed by atoms with E-state index in [1.165, 1.54) is 0 Å². The van der Waals surface area contributed by atoms with Crippen molar-refractivity contribution in [2.75, 3.05) is 39.5 Å². The molecule has 1 aliphatic rings. The van der Waals surface area contributed by atoms with Crippen molar-refractivity contribution in [1.82, 2.24) is 4.90 Å². The first-order chi connectivity index (χ1) is 14.3. The number of ether oxygens (including phenoxy) is 1. The van der Waals surface area contributed by atoms with Crippen molar-refractivity contribution in [1.29, 1.82) is 0 Å². The van der Waals surface area contributed by atoms with Crippen LogP contribution in [0.15, 0.2) is 42.5 Å². The van der Waals surface area contributed by atoms with E-state index in [0.29, 0.717) is 38.4 Å². The van der Waals surface area contributed by atoms with Gasteiger partial charge in [0, 0.05) is 31.8 Å². The van der Waals surface area contributed by atoms with E-state index in [0.717, 1.165) is 12.0 Å². The van der Waals surface area contributed by atoms with Crippen LogP contribution in [0.1, 0.15) is 18.9 Å². The van der Waals surface area contributed by atoms with Gasteiger partial charge in [0.1, 0.15) is 0 Å². The summed E-state index contributed by atoms with van der Waals surface area (Å²) in [5.41, 5.74) is 0.423. The first-order valence-electron chi connectivity index (χ1n) is 9.62. The minimum atomic E-state index is -1.26. The molecule has 2 rings (SSSR count). The summed E-state index contributed by atoms with van der Waals surface area (Å²) in [6.45, 7) is 3.97. The molecule has 30 heavy (non-hydrogen) atoms. The van der Waals surface area contributed by atoms with Crippen molar-refractivity contribution in [2.45, 2.75) is 18.8 Å². The quantitative estimate of drug-likeness (QED) is 0.295. The van der Waals surface area contributed by atoms with Crippen LogP contribution in [-0.2, 0) is 24.5 Å². The molecule has 0 heterocycles. The molecule has 1 saturated carbocycles. The standard InChI is InChI=1S/C17H25NO4.C4H4O4/c1-2-22-16(21)17(14-6-4-3-5-7-14)12-15(17)13-18(8-10-19)9-11-20;5-3(6)1-2-4(7)8/h3-7,15,19-20H,2,8-13H2,1H3;1-2H,(H,5,6)(H,7,8)/b;2-1+/t15-,17+;/m1./s1. The number of aliphatic carboxylic acids is 2. The fraction of sp³-hybridized carbons (Fsp3) is 0.476. The van der Waals surface area contributed by atoms with Crippen LogP contribution < -0.4 is 0 Å². The van der Waals surface area contributed by atoms with E-state index in [1.54, 1.807) is 0 Å². The molecule has 1 aromatic carbocycles. The molecule has 1 aliphatic carbocycles. The number of carboxylic acid groups (broad SMARTS) is 2. The molecule has 1 aromatic rings. The molecule has 0 aromatic heterocycles. The molecule has 0 saturated heterocycles. The van der Waals surface area contributed by atoms with Gasteiger partial charge in [-0.3, -0.25) is 9.69 Å². The zero-order chi connectivity index (χ0) is 22.6. The highest BCUT2D eigenvalue weighted by molar-refractivity contribution is 5.89. The Kier molecular flexibility index (Phi) is 10.7. The van der Waals surface area contributed by atoms with Crippen LogP contribution in [0.2, 0.25) is 0 Å². The Morgan fingerprint density at radius 1 is 1.07 bits per heavy atom. The van der Waals surface area contributed by atoms with Gasteiger partial charge in [0.25, 0.3) is 0 Å². The molecule has 4 N–H and O–H groups in total. The van der Waals surface area contributed by atoms with Crippen molar-refractivity contribution >= 4 is 17.9 Å². The second kappa shape index (κ2) is 12.7. The maximum absolute atomic E-state index is 12.5. The number of hydrogen-bond acceptors (Lipinski definition) is 7. The highest BCUT2D eigenvalue weighted by Gasteiger charge is 2.62. The second-order valence-electron chi connectivity index (χ2n) is 6.72. The van der Waals surface area contributed by atoms with Gasteiger partial charge in [-0.1, -0.05) is 30.3 Å². The van der Waals surface area contributed by atoms with Gasteiger partial charge in [0.15, 0.2) is 0 Å². The van der Waals surface area contributed by atoms with E-state index >= 15 is 0 Å². The summed E-state index contributed by atoms with van der Waals surface area (Å²) in [4.78, 5) is 33.6. The zero-order valence-electron chi connectivity index (χ0n) is 16.9. The highest BCUT2D eigenvalue weighted by Crippen LogP contribution is 2.55. The van der Waals surface area contributed by atoms with Crippen molar-refractivity contribution < 1.29 is 39.5 Å². The number of carbonyl (C=O) groups excluding carboxylic acids is 1. The molecular formula is C21H29NO8. The van der Waals surface area contributed by atoms with Gasteiger partial charge < -0.3 is 25.2 Å². The summed E-state index contributed by atoms with van der Waals surface area (Å²) in [5, 5.41) is 33.9. The maximum atomic E-state index is 12.5. The third-order valence-corrected chi connectivity index (χ3v) is 4.71. The average Bonchev–Trinajstić information content (AvgIpc) is 3.43. The van der Waals surface area contributed by atoms with E-state index in [4.69, 9.17) is 25.2 Å². The first-order valence-corrected chi connectivity index (χ1v) is 9.62. The monoisotopic (exact) mass is 423 g/mol. The summed E-state index contributed by atoms with van der Waals surface area (Å²) in [6, 6.07) is 9.75. The highest BCUT2D eigenvalue weighted by atomic mass is 16.5. The number of benzene rings is 1. The van der Waals surface area contributed by atoms with Crippen molar-refractivity contribution in [3.8, 4) is 0 Å². The third kappa shape index (κ3) is 7.58. The fourth-order valence-corrected chi connectivity index (χ4v) is 3.30. The number of carboxylic acids is 2. The molecule has 0 spiro atoms. The van der Waals surface area contributed by atoms with E-state index in [9.17, 15) is 14.4 Å². The van der Waals surface area contributed by atoms with Crippen LogP contribution >= 0.6 is 0 Å². The number of nitrogens with zero attached hydrogens (tertiary/aromatic N) is 1. The Hall–Kier alpha value is -2.75. The number of rotatable bonds is 11. The zero-order valence-corrected chi connectivity index (χ0v) is 16.9. The lowest BCUT2D eigenvalue weighted by Crippen LogP contribution is -2.35. The summed E-state index contributed by atoms with van der Waals surface area (Å²) in [6.07, 6.45) is 1.87. The van der Waals surface area contributed by atoms with E-state index in [1.807, 2.05) is 42.2 Å².